The second-order valence-electron chi connectivity index (χ2n) is 3.36. The molecule has 1 rings (SSSR count). The van der Waals surface area contributed by atoms with E-state index in [4.69, 9.17) is 0 Å². The Morgan fingerprint density at radius 3 is 2.30 bits per heavy atom. The molecule has 1 radical (unpaired) electrons. The molecule has 0 saturated heterocycles. The summed E-state index contributed by atoms with van der Waals surface area (Å²) in [6.45, 7) is 9.08. The Kier molecular flexibility index (Phi) is 2.14. The number of allylic oxidation sites excluding steroid dienone is 4. The van der Waals surface area contributed by atoms with Crippen LogP contribution in [0.3, 0.4) is 0 Å². The van der Waals surface area contributed by atoms with E-state index in [-0.39, 0.29) is 8.80 Å². The SMILES string of the molecule is CC1=CC(=C(C)C)[Si](C)C1. The van der Waals surface area contributed by atoms with E-state index in [1.807, 2.05) is 0 Å². The van der Waals surface area contributed by atoms with Crippen LogP contribution in [0, 0.1) is 0 Å². The molecule has 1 heterocycles. The van der Waals surface area contributed by atoms with Crippen LogP contribution in [0.25, 0.3) is 0 Å². The van der Waals surface area contributed by atoms with Crippen molar-refractivity contribution in [1.29, 1.82) is 0 Å². The molecule has 55 valence electrons. The largest absolute Gasteiger partial charge is 0.0865 e. The van der Waals surface area contributed by atoms with E-state index in [0.717, 1.165) is 0 Å². The molecule has 0 unspecified atom stereocenters. The van der Waals surface area contributed by atoms with Crippen molar-refractivity contribution in [2.75, 3.05) is 0 Å². The summed E-state index contributed by atoms with van der Waals surface area (Å²) in [5.41, 5.74) is 3.10. The summed E-state index contributed by atoms with van der Waals surface area (Å²) in [4.78, 5) is 0. The monoisotopic (exact) mass is 151 g/mol. The second-order valence-corrected chi connectivity index (χ2v) is 5.81. The van der Waals surface area contributed by atoms with Gasteiger partial charge in [0.1, 0.15) is 0 Å². The molecule has 0 saturated carbocycles. The summed E-state index contributed by atoms with van der Waals surface area (Å²) < 4.78 is 0. The van der Waals surface area contributed by atoms with Crippen molar-refractivity contribution in [2.45, 2.75) is 33.4 Å². The maximum Gasteiger partial charge on any atom is 0.0865 e. The lowest BCUT2D eigenvalue weighted by molar-refractivity contribution is 1.37. The highest BCUT2D eigenvalue weighted by atomic mass is 28.3. The van der Waals surface area contributed by atoms with Crippen LogP contribution in [-0.4, -0.2) is 8.80 Å². The van der Waals surface area contributed by atoms with Crippen molar-refractivity contribution in [3.63, 3.8) is 0 Å². The molecule has 0 fully saturated rings. The highest BCUT2D eigenvalue weighted by Gasteiger charge is 2.17. The number of rotatable bonds is 0. The molecule has 0 bridgehead atoms. The fraction of sp³-hybridized carbons (Fsp3) is 0.556. The fourth-order valence-electron chi connectivity index (χ4n) is 1.51. The molecule has 0 aromatic rings. The molecule has 1 aliphatic rings. The Bertz CT molecular complexity index is 195. The Morgan fingerprint density at radius 1 is 1.50 bits per heavy atom. The first kappa shape index (κ1) is 7.80. The lowest BCUT2D eigenvalue weighted by atomic mass is 10.2. The average Bonchev–Trinajstić information content (AvgIpc) is 2.10. The minimum Gasteiger partial charge on any atom is -0.0774 e. The molecule has 0 aromatic heterocycles. The van der Waals surface area contributed by atoms with Crippen LogP contribution in [0.1, 0.15) is 20.8 Å². The van der Waals surface area contributed by atoms with E-state index < -0.39 is 0 Å². The van der Waals surface area contributed by atoms with Gasteiger partial charge in [-0.2, -0.15) is 0 Å². The predicted octanol–water partition coefficient (Wildman–Crippen LogP) is 2.95. The maximum atomic E-state index is 2.40. The van der Waals surface area contributed by atoms with Gasteiger partial charge in [-0.05, 0) is 26.8 Å². The summed E-state index contributed by atoms with van der Waals surface area (Å²) in [6.07, 6.45) is 2.38. The Labute approximate surface area is 65.3 Å². The third-order valence-electron chi connectivity index (χ3n) is 1.93. The van der Waals surface area contributed by atoms with Crippen LogP contribution in [-0.2, 0) is 0 Å². The average molecular weight is 151 g/mol. The molecular formula is C9H15Si. The fourth-order valence-corrected chi connectivity index (χ4v) is 3.98. The van der Waals surface area contributed by atoms with E-state index in [0.29, 0.717) is 0 Å². The zero-order valence-corrected chi connectivity index (χ0v) is 8.28. The van der Waals surface area contributed by atoms with Gasteiger partial charge < -0.3 is 0 Å². The molecule has 0 nitrogen and oxygen atoms in total. The first-order valence-corrected chi connectivity index (χ1v) is 5.99. The summed E-state index contributed by atoms with van der Waals surface area (Å²) in [5, 5.41) is 1.66. The van der Waals surface area contributed by atoms with Crippen molar-refractivity contribution in [3.05, 3.63) is 22.4 Å². The number of hydrogen-bond donors (Lipinski definition) is 0. The smallest absolute Gasteiger partial charge is 0.0774 e. The van der Waals surface area contributed by atoms with Crippen LogP contribution < -0.4 is 0 Å². The predicted molar refractivity (Wildman–Crippen MR) is 48.6 cm³/mol. The topological polar surface area (TPSA) is 0 Å². The highest BCUT2D eigenvalue weighted by Crippen LogP contribution is 2.25. The van der Waals surface area contributed by atoms with Gasteiger partial charge in [0.15, 0.2) is 0 Å². The highest BCUT2D eigenvalue weighted by molar-refractivity contribution is 6.68. The summed E-state index contributed by atoms with van der Waals surface area (Å²) in [5.74, 6) is 0. The van der Waals surface area contributed by atoms with Crippen LogP contribution in [0.4, 0.5) is 0 Å². The number of hydrogen-bond acceptors (Lipinski definition) is 0. The molecule has 10 heavy (non-hydrogen) atoms. The summed E-state index contributed by atoms with van der Waals surface area (Å²) in [6, 6.07) is 1.37. The van der Waals surface area contributed by atoms with E-state index in [1.165, 1.54) is 11.6 Å². The molecule has 1 aliphatic heterocycles. The molecule has 0 spiro atoms. The Morgan fingerprint density at radius 2 is 2.10 bits per heavy atom. The third kappa shape index (κ3) is 1.40. The van der Waals surface area contributed by atoms with Gasteiger partial charge in [-0.1, -0.05) is 29.0 Å². The van der Waals surface area contributed by atoms with Crippen LogP contribution in [0.2, 0.25) is 12.6 Å². The molecule has 0 aliphatic carbocycles. The van der Waals surface area contributed by atoms with Crippen molar-refractivity contribution in [2.24, 2.45) is 0 Å². The van der Waals surface area contributed by atoms with Gasteiger partial charge in [0.05, 0.1) is 8.80 Å². The van der Waals surface area contributed by atoms with Crippen molar-refractivity contribution < 1.29 is 0 Å². The van der Waals surface area contributed by atoms with E-state index in [2.05, 4.69) is 33.4 Å². The molecule has 1 heteroatoms. The van der Waals surface area contributed by atoms with Crippen LogP contribution in [0.15, 0.2) is 22.4 Å². The molecule has 0 N–H and O–H groups in total. The normalized spacial score (nSPS) is 19.6. The molecule has 0 amide bonds. The lowest BCUT2D eigenvalue weighted by Crippen LogP contribution is -2.04. The summed E-state index contributed by atoms with van der Waals surface area (Å²) in [7, 11) is -0.157. The Balaban J connectivity index is 2.90. The first-order chi connectivity index (χ1) is 4.61. The lowest BCUT2D eigenvalue weighted by Gasteiger charge is -2.03. The Hall–Kier alpha value is -0.303. The standard InChI is InChI=1S/C9H15Si/c1-7(2)9-5-8(3)6-10(9)4/h5H,6H2,1-4H3. The van der Waals surface area contributed by atoms with Gasteiger partial charge in [0, 0.05) is 0 Å². The molecule has 0 aromatic carbocycles. The third-order valence-corrected chi connectivity index (χ3v) is 4.59. The van der Waals surface area contributed by atoms with E-state index >= 15 is 0 Å². The van der Waals surface area contributed by atoms with Crippen LogP contribution in [0.5, 0.6) is 0 Å². The van der Waals surface area contributed by atoms with Gasteiger partial charge in [0.2, 0.25) is 0 Å². The van der Waals surface area contributed by atoms with Crippen molar-refractivity contribution >= 4 is 8.80 Å². The maximum absolute atomic E-state index is 2.40. The van der Waals surface area contributed by atoms with E-state index in [1.54, 1.807) is 10.8 Å². The zero-order valence-electron chi connectivity index (χ0n) is 7.28. The quantitative estimate of drug-likeness (QED) is 0.467. The second kappa shape index (κ2) is 2.75. The van der Waals surface area contributed by atoms with Gasteiger partial charge >= 0.3 is 0 Å². The minimum absolute atomic E-state index is 0.157. The van der Waals surface area contributed by atoms with Crippen molar-refractivity contribution in [3.8, 4) is 0 Å². The molecule has 0 atom stereocenters. The van der Waals surface area contributed by atoms with Gasteiger partial charge in [-0.25, -0.2) is 0 Å². The van der Waals surface area contributed by atoms with Crippen molar-refractivity contribution in [1.82, 2.24) is 0 Å². The summed E-state index contributed by atoms with van der Waals surface area (Å²) >= 11 is 0. The van der Waals surface area contributed by atoms with Gasteiger partial charge in [-0.15, -0.1) is 0 Å². The molecular weight excluding hydrogens is 136 g/mol. The minimum atomic E-state index is -0.157. The first-order valence-electron chi connectivity index (χ1n) is 3.78. The van der Waals surface area contributed by atoms with Gasteiger partial charge in [0.25, 0.3) is 0 Å². The van der Waals surface area contributed by atoms with E-state index in [9.17, 15) is 0 Å². The van der Waals surface area contributed by atoms with Crippen LogP contribution >= 0.6 is 0 Å². The zero-order chi connectivity index (χ0) is 7.72. The van der Waals surface area contributed by atoms with Gasteiger partial charge in [-0.3, -0.25) is 0 Å².